The first-order valence-electron chi connectivity index (χ1n) is 8.74. The number of hydrogen-bond donors (Lipinski definition) is 1. The molecule has 0 saturated heterocycles. The van der Waals surface area contributed by atoms with E-state index in [1.807, 2.05) is 12.1 Å². The number of ether oxygens (including phenoxy) is 2. The summed E-state index contributed by atoms with van der Waals surface area (Å²) in [6.45, 7) is 1.31. The molecule has 0 atom stereocenters. The molecule has 3 rings (SSSR count). The van der Waals surface area contributed by atoms with Crippen LogP contribution in [0.1, 0.15) is 16.7 Å². The van der Waals surface area contributed by atoms with Crippen molar-refractivity contribution in [2.75, 3.05) is 7.11 Å². The highest BCUT2D eigenvalue weighted by atomic mass is 79.9. The van der Waals surface area contributed by atoms with Crippen LogP contribution in [-0.2, 0) is 19.7 Å². The van der Waals surface area contributed by atoms with Gasteiger partial charge in [-0.25, -0.2) is 8.78 Å². The van der Waals surface area contributed by atoms with Gasteiger partial charge in [-0.1, -0.05) is 30.3 Å². The molecule has 0 aliphatic heterocycles. The second-order valence-corrected chi connectivity index (χ2v) is 7.07. The zero-order valence-electron chi connectivity index (χ0n) is 15.8. The first kappa shape index (κ1) is 23.1. The zero-order valence-corrected chi connectivity index (χ0v) is 18.2. The molecule has 0 spiro atoms. The van der Waals surface area contributed by atoms with Gasteiger partial charge in [-0.2, -0.15) is 0 Å². The molecule has 7 heteroatoms. The Morgan fingerprint density at radius 2 is 1.62 bits per heavy atom. The maximum Gasteiger partial charge on any atom is 0.175 e. The minimum Gasteiger partial charge on any atom is -0.493 e. The maximum atomic E-state index is 13.8. The van der Waals surface area contributed by atoms with E-state index in [-0.39, 0.29) is 30.6 Å². The molecule has 0 heterocycles. The number of rotatable bonds is 8. The number of benzene rings is 3. The maximum absolute atomic E-state index is 13.8. The van der Waals surface area contributed by atoms with E-state index in [2.05, 4.69) is 21.2 Å². The lowest BCUT2D eigenvalue weighted by atomic mass is 10.1. The number of halogens is 4. The van der Waals surface area contributed by atoms with Gasteiger partial charge in [-0.05, 0) is 57.4 Å². The molecule has 3 nitrogen and oxygen atoms in total. The monoisotopic (exact) mass is 483 g/mol. The molecule has 154 valence electrons. The lowest BCUT2D eigenvalue weighted by Crippen LogP contribution is -2.13. The summed E-state index contributed by atoms with van der Waals surface area (Å²) in [6.07, 6.45) is 0. The molecular formula is C22H21BrClF2NO2. The summed E-state index contributed by atoms with van der Waals surface area (Å²) in [5.74, 6) is 0.528. The molecule has 0 radical (unpaired) electrons. The SMILES string of the molecule is COc1cc(CNCc2ccc(F)cc2)cc(Br)c1OCc1ccccc1F.Cl. The van der Waals surface area contributed by atoms with E-state index in [1.165, 1.54) is 18.2 Å². The van der Waals surface area contributed by atoms with Gasteiger partial charge in [0.25, 0.3) is 0 Å². The fraction of sp³-hybridized carbons (Fsp3) is 0.182. The second-order valence-electron chi connectivity index (χ2n) is 6.22. The van der Waals surface area contributed by atoms with E-state index in [0.29, 0.717) is 30.2 Å². The van der Waals surface area contributed by atoms with Crippen molar-refractivity contribution in [3.63, 3.8) is 0 Å². The lowest BCUT2D eigenvalue weighted by molar-refractivity contribution is 0.277. The molecule has 0 bridgehead atoms. The van der Waals surface area contributed by atoms with Crippen molar-refractivity contribution in [1.82, 2.24) is 5.32 Å². The molecule has 0 saturated carbocycles. The Hall–Kier alpha value is -2.15. The van der Waals surface area contributed by atoms with Crippen molar-refractivity contribution < 1.29 is 18.3 Å². The average Bonchev–Trinajstić information content (AvgIpc) is 2.69. The van der Waals surface area contributed by atoms with E-state index < -0.39 is 0 Å². The fourth-order valence-electron chi connectivity index (χ4n) is 2.73. The number of nitrogens with one attached hydrogen (secondary N) is 1. The van der Waals surface area contributed by atoms with Gasteiger partial charge in [0.2, 0.25) is 0 Å². The molecule has 3 aromatic carbocycles. The van der Waals surface area contributed by atoms with Crippen LogP contribution in [0.5, 0.6) is 11.5 Å². The third-order valence-corrected chi connectivity index (χ3v) is 4.78. The Morgan fingerprint density at radius 1 is 0.931 bits per heavy atom. The molecule has 0 aliphatic rings. The summed E-state index contributed by atoms with van der Waals surface area (Å²) >= 11 is 3.51. The third kappa shape index (κ3) is 6.42. The van der Waals surface area contributed by atoms with Crippen LogP contribution in [0, 0.1) is 11.6 Å². The van der Waals surface area contributed by atoms with E-state index in [1.54, 1.807) is 37.4 Å². The van der Waals surface area contributed by atoms with Gasteiger partial charge in [0.15, 0.2) is 11.5 Å². The Bertz CT molecular complexity index is 939. The van der Waals surface area contributed by atoms with Crippen LogP contribution in [0.4, 0.5) is 8.78 Å². The largest absolute Gasteiger partial charge is 0.493 e. The van der Waals surface area contributed by atoms with Gasteiger partial charge in [-0.15, -0.1) is 12.4 Å². The summed E-state index contributed by atoms with van der Waals surface area (Å²) in [6, 6.07) is 16.7. The van der Waals surface area contributed by atoms with Gasteiger partial charge in [0.1, 0.15) is 18.2 Å². The Morgan fingerprint density at radius 3 is 2.31 bits per heavy atom. The zero-order chi connectivity index (χ0) is 19.9. The third-order valence-electron chi connectivity index (χ3n) is 4.19. The normalized spacial score (nSPS) is 10.3. The van der Waals surface area contributed by atoms with E-state index >= 15 is 0 Å². The van der Waals surface area contributed by atoms with Gasteiger partial charge in [0, 0.05) is 18.7 Å². The van der Waals surface area contributed by atoms with Crippen LogP contribution in [0.3, 0.4) is 0 Å². The first-order valence-corrected chi connectivity index (χ1v) is 9.54. The molecular weight excluding hydrogens is 464 g/mol. The van der Waals surface area contributed by atoms with Gasteiger partial charge in [-0.3, -0.25) is 0 Å². The molecule has 3 aromatic rings. The minimum atomic E-state index is -0.306. The highest BCUT2D eigenvalue weighted by molar-refractivity contribution is 9.10. The van der Waals surface area contributed by atoms with Crippen molar-refractivity contribution in [3.05, 3.63) is 93.5 Å². The molecule has 0 unspecified atom stereocenters. The Labute approximate surface area is 183 Å². The minimum absolute atomic E-state index is 0. The summed E-state index contributed by atoms with van der Waals surface area (Å²) in [4.78, 5) is 0. The average molecular weight is 485 g/mol. The molecule has 29 heavy (non-hydrogen) atoms. The molecule has 0 fully saturated rings. The van der Waals surface area contributed by atoms with Crippen LogP contribution in [-0.4, -0.2) is 7.11 Å². The molecule has 0 amide bonds. The van der Waals surface area contributed by atoms with Crippen LogP contribution in [0.15, 0.2) is 65.1 Å². The van der Waals surface area contributed by atoms with Gasteiger partial charge in [0.05, 0.1) is 11.6 Å². The van der Waals surface area contributed by atoms with Crippen molar-refractivity contribution in [2.24, 2.45) is 0 Å². The second kappa shape index (κ2) is 11.1. The van der Waals surface area contributed by atoms with Crippen LogP contribution in [0.2, 0.25) is 0 Å². The molecule has 0 aromatic heterocycles. The quantitative estimate of drug-likeness (QED) is 0.424. The summed E-state index contributed by atoms with van der Waals surface area (Å²) in [7, 11) is 1.56. The van der Waals surface area contributed by atoms with Crippen LogP contribution < -0.4 is 14.8 Å². The topological polar surface area (TPSA) is 30.5 Å². The predicted molar refractivity (Wildman–Crippen MR) is 116 cm³/mol. The van der Waals surface area contributed by atoms with Crippen molar-refractivity contribution in [2.45, 2.75) is 19.7 Å². The fourth-order valence-corrected chi connectivity index (χ4v) is 3.34. The Balaban J connectivity index is 0.00000300. The van der Waals surface area contributed by atoms with E-state index in [9.17, 15) is 8.78 Å². The van der Waals surface area contributed by atoms with Crippen molar-refractivity contribution in [3.8, 4) is 11.5 Å². The standard InChI is InChI=1S/C22H20BrF2NO2.ClH/c1-27-21-11-16(13-26-12-15-6-8-18(24)9-7-15)10-19(23)22(21)28-14-17-4-2-3-5-20(17)25;/h2-11,26H,12-14H2,1H3;1H. The Kier molecular flexibility index (Phi) is 8.89. The van der Waals surface area contributed by atoms with Crippen LogP contribution in [0.25, 0.3) is 0 Å². The summed E-state index contributed by atoms with van der Waals surface area (Å²) < 4.78 is 38.7. The molecule has 0 aliphatic carbocycles. The van der Waals surface area contributed by atoms with Crippen molar-refractivity contribution in [1.29, 1.82) is 0 Å². The van der Waals surface area contributed by atoms with E-state index in [0.717, 1.165) is 15.6 Å². The summed E-state index contributed by atoms with van der Waals surface area (Å²) in [5, 5.41) is 3.31. The number of hydrogen-bond acceptors (Lipinski definition) is 3. The van der Waals surface area contributed by atoms with E-state index in [4.69, 9.17) is 9.47 Å². The van der Waals surface area contributed by atoms with Crippen molar-refractivity contribution >= 4 is 28.3 Å². The smallest absolute Gasteiger partial charge is 0.175 e. The van der Waals surface area contributed by atoms with Gasteiger partial charge < -0.3 is 14.8 Å². The summed E-state index contributed by atoms with van der Waals surface area (Å²) in [5.41, 5.74) is 2.46. The highest BCUT2D eigenvalue weighted by Gasteiger charge is 2.13. The number of methoxy groups -OCH3 is 1. The lowest BCUT2D eigenvalue weighted by Gasteiger charge is -2.15. The first-order chi connectivity index (χ1) is 13.6. The van der Waals surface area contributed by atoms with Gasteiger partial charge >= 0.3 is 0 Å². The van der Waals surface area contributed by atoms with Crippen LogP contribution >= 0.6 is 28.3 Å². The molecule has 1 N–H and O–H groups in total. The highest BCUT2D eigenvalue weighted by Crippen LogP contribution is 2.37. The predicted octanol–water partition coefficient (Wildman–Crippen LogP) is 6.03.